The highest BCUT2D eigenvalue weighted by atomic mass is 16.7. The van der Waals surface area contributed by atoms with Crippen LogP contribution in [0, 0.1) is 0 Å². The first-order valence-corrected chi connectivity index (χ1v) is 27.7. The SMILES string of the molecule is CCCCCCC/C=C\C/C=C\C/C=C\CCCCCCCCCCCCCCCCCCC(=O)NC(COC1OC(CO)C(OC2OC(CO)C(O)C(O)C2O)C(O)C1O)C(O)CCCCCC. The van der Waals surface area contributed by atoms with Crippen LogP contribution < -0.4 is 5.32 Å². The fourth-order valence-corrected chi connectivity index (χ4v) is 9.07. The Morgan fingerprint density at radius 2 is 0.957 bits per heavy atom. The number of ether oxygens (including phenoxy) is 4. The van der Waals surface area contributed by atoms with E-state index < -0.39 is 86.8 Å². The molecule has 2 fully saturated rings. The van der Waals surface area contributed by atoms with Gasteiger partial charge in [-0.05, 0) is 51.4 Å². The van der Waals surface area contributed by atoms with E-state index >= 15 is 0 Å². The highest BCUT2D eigenvalue weighted by Crippen LogP contribution is 2.30. The molecule has 0 aromatic carbocycles. The molecule has 9 N–H and O–H groups in total. The fourth-order valence-electron chi connectivity index (χ4n) is 9.07. The Morgan fingerprint density at radius 3 is 1.46 bits per heavy atom. The van der Waals surface area contributed by atoms with Gasteiger partial charge in [0.25, 0.3) is 0 Å². The quantitative estimate of drug-likeness (QED) is 0.0207. The predicted octanol–water partition coefficient (Wildman–Crippen LogP) is 8.27. The Bertz CT molecular complexity index is 1300. The zero-order chi connectivity index (χ0) is 50.3. The van der Waals surface area contributed by atoms with Crippen molar-refractivity contribution in [2.45, 2.75) is 286 Å². The van der Waals surface area contributed by atoms with Crippen molar-refractivity contribution in [1.82, 2.24) is 5.32 Å². The van der Waals surface area contributed by atoms with Gasteiger partial charge < -0.3 is 65.1 Å². The van der Waals surface area contributed by atoms with Gasteiger partial charge in [0.15, 0.2) is 12.6 Å². The van der Waals surface area contributed by atoms with Crippen LogP contribution >= 0.6 is 0 Å². The van der Waals surface area contributed by atoms with Crippen LogP contribution in [0.3, 0.4) is 0 Å². The molecule has 12 unspecified atom stereocenters. The number of allylic oxidation sites excluding steroid dienone is 6. The summed E-state index contributed by atoms with van der Waals surface area (Å²) in [5.74, 6) is -0.216. The maximum atomic E-state index is 13.1. The van der Waals surface area contributed by atoms with E-state index in [1.54, 1.807) is 0 Å². The summed E-state index contributed by atoms with van der Waals surface area (Å²) in [6.07, 6.45) is 32.6. The number of nitrogens with one attached hydrogen (secondary N) is 1. The molecule has 0 aliphatic carbocycles. The lowest BCUT2D eigenvalue weighted by Gasteiger charge is -2.46. The summed E-state index contributed by atoms with van der Waals surface area (Å²) in [5, 5.41) is 86.3. The molecule has 2 rings (SSSR count). The van der Waals surface area contributed by atoms with Crippen molar-refractivity contribution < 1.29 is 64.6 Å². The predicted molar refractivity (Wildman–Crippen MR) is 272 cm³/mol. The number of carbonyl (C=O) groups excluding carboxylic acids is 1. The molecule has 0 radical (unpaired) electrons. The van der Waals surface area contributed by atoms with E-state index in [2.05, 4.69) is 55.6 Å². The standard InChI is InChI=1S/C55H101NO13/c1-3-5-7-9-10-11-12-13-14-15-16-17-18-19-20-21-22-23-24-25-26-27-28-29-30-31-32-33-34-35-37-39-47(60)56-43(44(59)38-36-8-6-4-2)42-66-54-52(65)50(63)53(46(41-58)68-54)69-55-51(64)49(62)48(61)45(40-57)67-55/h12-13,15-16,18-19,43-46,48-55,57-59,61-65H,3-11,14,17,20-42H2,1-2H3,(H,56,60)/b13-12-,16-15-,19-18-. The molecule has 0 aromatic rings. The smallest absolute Gasteiger partial charge is 0.220 e. The van der Waals surface area contributed by atoms with E-state index in [4.69, 9.17) is 18.9 Å². The normalized spacial score (nSPS) is 26.4. The summed E-state index contributed by atoms with van der Waals surface area (Å²) < 4.78 is 22.6. The second kappa shape index (κ2) is 41.7. The van der Waals surface area contributed by atoms with Gasteiger partial charge in [0, 0.05) is 6.42 Å². The van der Waals surface area contributed by atoms with Crippen molar-refractivity contribution in [3.63, 3.8) is 0 Å². The summed E-state index contributed by atoms with van der Waals surface area (Å²) >= 11 is 0. The van der Waals surface area contributed by atoms with Gasteiger partial charge in [-0.1, -0.05) is 192 Å². The largest absolute Gasteiger partial charge is 0.394 e. The Morgan fingerprint density at radius 1 is 0.522 bits per heavy atom. The van der Waals surface area contributed by atoms with Crippen LogP contribution in [-0.2, 0) is 23.7 Å². The second-order valence-electron chi connectivity index (χ2n) is 19.7. The van der Waals surface area contributed by atoms with Gasteiger partial charge in [0.05, 0.1) is 32.0 Å². The molecular formula is C55H101NO13. The van der Waals surface area contributed by atoms with Crippen LogP contribution in [0.15, 0.2) is 36.5 Å². The zero-order valence-corrected chi connectivity index (χ0v) is 43.1. The van der Waals surface area contributed by atoms with E-state index in [1.165, 1.54) is 122 Å². The molecule has 1 amide bonds. The van der Waals surface area contributed by atoms with Gasteiger partial charge in [-0.3, -0.25) is 4.79 Å². The molecule has 404 valence electrons. The van der Waals surface area contributed by atoms with Gasteiger partial charge in [-0.25, -0.2) is 0 Å². The van der Waals surface area contributed by atoms with Crippen molar-refractivity contribution in [2.75, 3.05) is 19.8 Å². The number of aliphatic hydroxyl groups excluding tert-OH is 8. The van der Waals surface area contributed by atoms with Crippen LogP contribution in [0.25, 0.3) is 0 Å². The number of aliphatic hydroxyl groups is 8. The molecule has 2 aliphatic rings. The molecule has 0 bridgehead atoms. The monoisotopic (exact) mass is 984 g/mol. The third-order valence-corrected chi connectivity index (χ3v) is 13.6. The van der Waals surface area contributed by atoms with Gasteiger partial charge in [-0.2, -0.15) is 0 Å². The van der Waals surface area contributed by atoms with Crippen molar-refractivity contribution in [3.8, 4) is 0 Å². The number of rotatable bonds is 43. The minimum atomic E-state index is -1.78. The molecule has 0 aromatic heterocycles. The van der Waals surface area contributed by atoms with Crippen LogP contribution in [0.5, 0.6) is 0 Å². The molecule has 2 aliphatic heterocycles. The molecule has 14 nitrogen and oxygen atoms in total. The van der Waals surface area contributed by atoms with Gasteiger partial charge in [0.2, 0.25) is 5.91 Å². The molecule has 12 atom stereocenters. The molecule has 69 heavy (non-hydrogen) atoms. The maximum Gasteiger partial charge on any atom is 0.220 e. The summed E-state index contributed by atoms with van der Waals surface area (Å²) in [5.41, 5.74) is 0. The Hall–Kier alpha value is -1.79. The summed E-state index contributed by atoms with van der Waals surface area (Å²) in [6, 6.07) is -0.823. The molecule has 0 spiro atoms. The average molecular weight is 984 g/mol. The first-order chi connectivity index (χ1) is 33.6. The Labute approximate surface area is 417 Å². The van der Waals surface area contributed by atoms with Crippen LogP contribution in [0.1, 0.15) is 213 Å². The van der Waals surface area contributed by atoms with Crippen molar-refractivity contribution in [3.05, 3.63) is 36.5 Å². The van der Waals surface area contributed by atoms with E-state index in [9.17, 15) is 45.6 Å². The lowest BCUT2D eigenvalue weighted by atomic mass is 9.97. The molecule has 14 heteroatoms. The molecular weight excluding hydrogens is 883 g/mol. The van der Waals surface area contributed by atoms with Crippen molar-refractivity contribution >= 4 is 5.91 Å². The zero-order valence-electron chi connectivity index (χ0n) is 43.1. The van der Waals surface area contributed by atoms with Gasteiger partial charge >= 0.3 is 0 Å². The van der Waals surface area contributed by atoms with Crippen molar-refractivity contribution in [1.29, 1.82) is 0 Å². The number of amides is 1. The summed E-state index contributed by atoms with van der Waals surface area (Å²) in [4.78, 5) is 13.1. The third-order valence-electron chi connectivity index (χ3n) is 13.6. The fraction of sp³-hybridized carbons (Fsp3) is 0.873. The number of hydrogen-bond acceptors (Lipinski definition) is 13. The lowest BCUT2D eigenvalue weighted by molar-refractivity contribution is -0.359. The average Bonchev–Trinajstić information content (AvgIpc) is 3.35. The number of hydrogen-bond donors (Lipinski definition) is 9. The van der Waals surface area contributed by atoms with E-state index in [0.29, 0.717) is 12.8 Å². The highest BCUT2D eigenvalue weighted by molar-refractivity contribution is 5.76. The van der Waals surface area contributed by atoms with E-state index in [1.807, 2.05) is 0 Å². The number of carbonyl (C=O) groups is 1. The Kier molecular flexibility index (Phi) is 38.2. The summed E-state index contributed by atoms with van der Waals surface area (Å²) in [6.45, 7) is 2.71. The third kappa shape index (κ3) is 28.3. The molecule has 0 saturated carbocycles. The first-order valence-electron chi connectivity index (χ1n) is 27.7. The lowest BCUT2D eigenvalue weighted by Crippen LogP contribution is -2.65. The van der Waals surface area contributed by atoms with Gasteiger partial charge in [-0.15, -0.1) is 0 Å². The molecule has 2 saturated heterocycles. The first kappa shape index (κ1) is 63.3. The van der Waals surface area contributed by atoms with E-state index in [-0.39, 0.29) is 12.5 Å². The van der Waals surface area contributed by atoms with Crippen LogP contribution in [0.4, 0.5) is 0 Å². The second-order valence-corrected chi connectivity index (χ2v) is 19.7. The van der Waals surface area contributed by atoms with Crippen LogP contribution in [0.2, 0.25) is 0 Å². The van der Waals surface area contributed by atoms with E-state index in [0.717, 1.165) is 64.2 Å². The minimum Gasteiger partial charge on any atom is -0.394 e. The number of unbranched alkanes of at least 4 members (excludes halogenated alkanes) is 24. The Balaban J connectivity index is 1.55. The topological polar surface area (TPSA) is 228 Å². The minimum absolute atomic E-state index is 0.216. The van der Waals surface area contributed by atoms with Crippen LogP contribution in [-0.4, -0.2) is 140 Å². The molecule has 2 heterocycles. The maximum absolute atomic E-state index is 13.1. The summed E-state index contributed by atoms with van der Waals surface area (Å²) in [7, 11) is 0. The van der Waals surface area contributed by atoms with Crippen molar-refractivity contribution in [2.24, 2.45) is 0 Å². The van der Waals surface area contributed by atoms with Gasteiger partial charge in [0.1, 0.15) is 48.8 Å². The highest BCUT2D eigenvalue weighted by Gasteiger charge is 2.51.